The monoisotopic (exact) mass is 394 g/mol. The minimum absolute atomic E-state index is 0.0642. The van der Waals surface area contributed by atoms with Crippen molar-refractivity contribution in [3.8, 4) is 5.75 Å². The van der Waals surface area contributed by atoms with Gasteiger partial charge < -0.3 is 14.5 Å². The number of halogens is 3. The molecule has 0 saturated carbocycles. The van der Waals surface area contributed by atoms with Crippen LogP contribution in [0.15, 0.2) is 48.5 Å². The first-order chi connectivity index (χ1) is 12.9. The lowest BCUT2D eigenvalue weighted by atomic mass is 10.1. The first kappa shape index (κ1) is 19.1. The van der Waals surface area contributed by atoms with E-state index in [9.17, 15) is 18.4 Å². The molecule has 0 radical (unpaired) electrons. The van der Waals surface area contributed by atoms with Crippen molar-refractivity contribution in [2.75, 3.05) is 26.2 Å². The Labute approximate surface area is 160 Å². The van der Waals surface area contributed by atoms with Gasteiger partial charge in [-0.3, -0.25) is 9.59 Å². The van der Waals surface area contributed by atoms with E-state index in [0.717, 1.165) is 0 Å². The molecule has 1 fully saturated rings. The Kier molecular flexibility index (Phi) is 5.91. The van der Waals surface area contributed by atoms with E-state index in [0.29, 0.717) is 36.8 Å². The van der Waals surface area contributed by atoms with Crippen LogP contribution in [0, 0.1) is 0 Å². The van der Waals surface area contributed by atoms with Crippen LogP contribution in [0.3, 0.4) is 0 Å². The first-order valence-electron chi connectivity index (χ1n) is 8.33. The summed E-state index contributed by atoms with van der Waals surface area (Å²) >= 11 is 5.92. The molecule has 2 amide bonds. The Morgan fingerprint density at radius 1 is 0.889 bits per heavy atom. The highest BCUT2D eigenvalue weighted by atomic mass is 35.5. The van der Waals surface area contributed by atoms with Crippen molar-refractivity contribution in [3.63, 3.8) is 0 Å². The molecule has 0 aromatic heterocycles. The summed E-state index contributed by atoms with van der Waals surface area (Å²) in [5.74, 6) is -0.493. The molecular formula is C19H17ClF2N2O3. The minimum atomic E-state index is -2.95. The maximum absolute atomic E-state index is 12.6. The third-order valence-corrected chi connectivity index (χ3v) is 4.47. The maximum atomic E-state index is 12.6. The summed E-state index contributed by atoms with van der Waals surface area (Å²) in [5, 5.41) is 0.487. The van der Waals surface area contributed by atoms with Crippen molar-refractivity contribution in [2.45, 2.75) is 6.61 Å². The molecule has 5 nitrogen and oxygen atoms in total. The van der Waals surface area contributed by atoms with Crippen molar-refractivity contribution in [2.24, 2.45) is 0 Å². The minimum Gasteiger partial charge on any atom is -0.435 e. The zero-order valence-electron chi connectivity index (χ0n) is 14.3. The summed E-state index contributed by atoms with van der Waals surface area (Å²) in [6, 6.07) is 12.4. The van der Waals surface area contributed by atoms with Crippen LogP contribution in [-0.2, 0) is 0 Å². The number of amides is 2. The molecule has 0 spiro atoms. The van der Waals surface area contributed by atoms with Crippen molar-refractivity contribution in [1.82, 2.24) is 9.80 Å². The van der Waals surface area contributed by atoms with Gasteiger partial charge in [0.25, 0.3) is 11.8 Å². The molecule has 1 heterocycles. The van der Waals surface area contributed by atoms with Crippen LogP contribution in [0.2, 0.25) is 5.02 Å². The first-order valence-corrected chi connectivity index (χ1v) is 8.71. The van der Waals surface area contributed by atoms with E-state index in [-0.39, 0.29) is 23.1 Å². The molecule has 2 aromatic rings. The lowest BCUT2D eigenvalue weighted by molar-refractivity contribution is -0.0499. The second-order valence-corrected chi connectivity index (χ2v) is 6.44. The molecule has 0 aliphatic carbocycles. The van der Waals surface area contributed by atoms with E-state index < -0.39 is 6.61 Å². The number of piperazine rings is 1. The number of ether oxygens (including phenoxy) is 1. The van der Waals surface area contributed by atoms with E-state index in [4.69, 9.17) is 11.6 Å². The largest absolute Gasteiger partial charge is 0.435 e. The summed E-state index contributed by atoms with van der Waals surface area (Å²) in [5.41, 5.74) is 0.766. The van der Waals surface area contributed by atoms with Gasteiger partial charge in [0.1, 0.15) is 5.75 Å². The Morgan fingerprint density at radius 3 is 1.93 bits per heavy atom. The molecule has 1 saturated heterocycles. The van der Waals surface area contributed by atoms with E-state index in [1.807, 2.05) is 0 Å². The lowest BCUT2D eigenvalue weighted by Crippen LogP contribution is -2.50. The van der Waals surface area contributed by atoms with Crippen molar-refractivity contribution in [1.29, 1.82) is 0 Å². The predicted octanol–water partition coefficient (Wildman–Crippen LogP) is 3.54. The van der Waals surface area contributed by atoms with Gasteiger partial charge in [-0.05, 0) is 36.4 Å². The van der Waals surface area contributed by atoms with Gasteiger partial charge >= 0.3 is 6.61 Å². The Balaban J connectivity index is 1.62. The van der Waals surface area contributed by atoms with Gasteiger partial charge in [0, 0.05) is 42.3 Å². The van der Waals surface area contributed by atoms with Crippen molar-refractivity contribution >= 4 is 23.4 Å². The number of hydrogen-bond donors (Lipinski definition) is 0. The number of hydrogen-bond acceptors (Lipinski definition) is 3. The normalized spacial score (nSPS) is 14.4. The second kappa shape index (κ2) is 8.35. The Morgan fingerprint density at radius 2 is 1.41 bits per heavy atom. The molecule has 27 heavy (non-hydrogen) atoms. The van der Waals surface area contributed by atoms with Crippen LogP contribution in [0.1, 0.15) is 20.7 Å². The molecule has 1 aliphatic heterocycles. The highest BCUT2D eigenvalue weighted by molar-refractivity contribution is 6.30. The molecule has 0 unspecified atom stereocenters. The molecule has 142 valence electrons. The quantitative estimate of drug-likeness (QED) is 0.797. The fraction of sp³-hybridized carbons (Fsp3) is 0.263. The van der Waals surface area contributed by atoms with Gasteiger partial charge in [-0.15, -0.1) is 0 Å². The third kappa shape index (κ3) is 4.74. The topological polar surface area (TPSA) is 49.9 Å². The number of carbonyl (C=O) groups is 2. The van der Waals surface area contributed by atoms with Gasteiger partial charge in [-0.25, -0.2) is 0 Å². The molecule has 0 atom stereocenters. The smallest absolute Gasteiger partial charge is 0.387 e. The summed E-state index contributed by atoms with van der Waals surface area (Å²) in [7, 11) is 0. The third-order valence-electron chi connectivity index (χ3n) is 4.23. The molecule has 1 aliphatic rings. The van der Waals surface area contributed by atoms with Gasteiger partial charge in [0.2, 0.25) is 0 Å². The number of carbonyl (C=O) groups excluding carboxylic acids is 2. The number of rotatable bonds is 4. The van der Waals surface area contributed by atoms with E-state index >= 15 is 0 Å². The van der Waals surface area contributed by atoms with Crippen LogP contribution >= 0.6 is 11.6 Å². The maximum Gasteiger partial charge on any atom is 0.387 e. The van der Waals surface area contributed by atoms with E-state index in [1.165, 1.54) is 18.2 Å². The summed E-state index contributed by atoms with van der Waals surface area (Å²) in [4.78, 5) is 28.4. The molecular weight excluding hydrogens is 378 g/mol. The highest BCUT2D eigenvalue weighted by Crippen LogP contribution is 2.19. The molecule has 8 heteroatoms. The predicted molar refractivity (Wildman–Crippen MR) is 96.3 cm³/mol. The second-order valence-electron chi connectivity index (χ2n) is 6.00. The zero-order chi connectivity index (χ0) is 19.4. The standard InChI is InChI=1S/C19H17ClF2N2O3/c20-15-5-1-3-13(11-15)17(25)23-7-9-24(10-8-23)18(26)14-4-2-6-16(12-14)27-19(21)22/h1-6,11-12,19H,7-10H2. The fourth-order valence-corrected chi connectivity index (χ4v) is 3.09. The van der Waals surface area contributed by atoms with Crippen LogP contribution < -0.4 is 4.74 Å². The van der Waals surface area contributed by atoms with Gasteiger partial charge in [-0.1, -0.05) is 23.7 Å². The van der Waals surface area contributed by atoms with Crippen LogP contribution in [0.5, 0.6) is 5.75 Å². The van der Waals surface area contributed by atoms with Crippen molar-refractivity contribution in [3.05, 3.63) is 64.7 Å². The fourth-order valence-electron chi connectivity index (χ4n) is 2.90. The number of benzene rings is 2. The van der Waals surface area contributed by atoms with E-state index in [1.54, 1.807) is 40.1 Å². The summed E-state index contributed by atoms with van der Waals surface area (Å²) in [6.07, 6.45) is 0. The van der Waals surface area contributed by atoms with Gasteiger partial charge in [0.05, 0.1) is 0 Å². The number of nitrogens with zero attached hydrogens (tertiary/aromatic N) is 2. The lowest BCUT2D eigenvalue weighted by Gasteiger charge is -2.35. The average Bonchev–Trinajstić information content (AvgIpc) is 2.66. The molecule has 3 rings (SSSR count). The molecule has 0 bridgehead atoms. The average molecular weight is 395 g/mol. The van der Waals surface area contributed by atoms with E-state index in [2.05, 4.69) is 4.74 Å². The van der Waals surface area contributed by atoms with Gasteiger partial charge in [-0.2, -0.15) is 8.78 Å². The van der Waals surface area contributed by atoms with Gasteiger partial charge in [0.15, 0.2) is 0 Å². The summed E-state index contributed by atoms with van der Waals surface area (Å²) in [6.45, 7) is -1.48. The van der Waals surface area contributed by atoms with Crippen molar-refractivity contribution < 1.29 is 23.1 Å². The van der Waals surface area contributed by atoms with Crippen LogP contribution in [-0.4, -0.2) is 54.4 Å². The SMILES string of the molecule is O=C(c1cccc(Cl)c1)N1CCN(C(=O)c2cccc(OC(F)F)c2)CC1. The Bertz CT molecular complexity index is 839. The highest BCUT2D eigenvalue weighted by Gasteiger charge is 2.26. The zero-order valence-corrected chi connectivity index (χ0v) is 15.0. The summed E-state index contributed by atoms with van der Waals surface area (Å²) < 4.78 is 29.0. The van der Waals surface area contributed by atoms with Crippen LogP contribution in [0.4, 0.5) is 8.78 Å². The Hall–Kier alpha value is -2.67. The molecule has 2 aromatic carbocycles. The molecule has 0 N–H and O–H groups in total. The van der Waals surface area contributed by atoms with Crippen LogP contribution in [0.25, 0.3) is 0 Å². The number of alkyl halides is 2.